The van der Waals surface area contributed by atoms with Gasteiger partial charge in [0.1, 0.15) is 17.5 Å². The van der Waals surface area contributed by atoms with Gasteiger partial charge in [0, 0.05) is 6.54 Å². The zero-order valence-corrected chi connectivity index (χ0v) is 20.7. The van der Waals surface area contributed by atoms with Crippen LogP contribution in [-0.4, -0.2) is 45.5 Å². The van der Waals surface area contributed by atoms with Crippen molar-refractivity contribution in [2.75, 3.05) is 6.54 Å². The fraction of sp³-hybridized carbons (Fsp3) is 0.250. The maximum atomic E-state index is 13.9. The van der Waals surface area contributed by atoms with Crippen molar-refractivity contribution < 1.29 is 19.8 Å². The molecule has 9 heteroatoms. The molecular weight excluding hydrogens is 470 g/mol. The third kappa shape index (κ3) is 7.23. The molecule has 37 heavy (non-hydrogen) atoms. The summed E-state index contributed by atoms with van der Waals surface area (Å²) in [7, 11) is 0. The number of rotatable bonds is 11. The highest BCUT2D eigenvalue weighted by Gasteiger charge is 2.33. The number of primary amides is 1. The third-order valence-corrected chi connectivity index (χ3v) is 6.21. The largest absolute Gasteiger partial charge is 0.508 e. The van der Waals surface area contributed by atoms with Gasteiger partial charge in [0.2, 0.25) is 11.8 Å². The number of phenols is 2. The Kier molecular flexibility index (Phi) is 9.10. The van der Waals surface area contributed by atoms with E-state index in [0.717, 1.165) is 22.3 Å². The van der Waals surface area contributed by atoms with Crippen molar-refractivity contribution >= 4 is 17.8 Å². The van der Waals surface area contributed by atoms with Crippen LogP contribution in [0.5, 0.6) is 11.5 Å². The van der Waals surface area contributed by atoms with Gasteiger partial charge in [0.05, 0.1) is 12.5 Å². The van der Waals surface area contributed by atoms with Gasteiger partial charge < -0.3 is 32.3 Å². The first-order chi connectivity index (χ1) is 17.7. The molecule has 3 aromatic rings. The van der Waals surface area contributed by atoms with Crippen molar-refractivity contribution in [3.63, 3.8) is 0 Å². The molecule has 0 aliphatic carbocycles. The van der Waals surface area contributed by atoms with E-state index in [4.69, 9.17) is 17.2 Å². The van der Waals surface area contributed by atoms with Crippen LogP contribution in [0.25, 0.3) is 11.1 Å². The number of carbonyl (C=O) groups excluding carboxylic acids is 2. The second-order valence-electron chi connectivity index (χ2n) is 8.82. The highest BCUT2D eigenvalue weighted by molar-refractivity contribution is 5.89. The number of phenolic OH excluding ortho intramolecular Hbond substituents is 2. The van der Waals surface area contributed by atoms with E-state index in [-0.39, 0.29) is 36.2 Å². The minimum absolute atomic E-state index is 0.0250. The average molecular weight is 504 g/mol. The molecule has 2 amide bonds. The number of aliphatic imine (C=N–C) groups is 1. The summed E-state index contributed by atoms with van der Waals surface area (Å²) in [4.78, 5) is 32.0. The van der Waals surface area contributed by atoms with E-state index >= 15 is 0 Å². The first-order valence-electron chi connectivity index (χ1n) is 12.0. The van der Waals surface area contributed by atoms with Gasteiger partial charge in [-0.25, -0.2) is 0 Å². The molecule has 0 fully saturated rings. The summed E-state index contributed by atoms with van der Waals surface area (Å²) >= 11 is 0. The van der Waals surface area contributed by atoms with Gasteiger partial charge >= 0.3 is 0 Å². The number of hydrogen-bond acceptors (Lipinski definition) is 5. The third-order valence-electron chi connectivity index (χ3n) is 6.21. The molecular formula is C28H33N5O4. The summed E-state index contributed by atoms with van der Waals surface area (Å²) < 4.78 is 0. The first-order valence-corrected chi connectivity index (χ1v) is 12.0. The van der Waals surface area contributed by atoms with Crippen molar-refractivity contribution in [2.45, 2.75) is 38.3 Å². The number of aromatic hydroxyl groups is 2. The quantitative estimate of drug-likeness (QED) is 0.153. The number of guanidine groups is 1. The molecule has 0 bridgehead atoms. The van der Waals surface area contributed by atoms with Crippen LogP contribution in [0.3, 0.4) is 0 Å². The lowest BCUT2D eigenvalue weighted by Crippen LogP contribution is -2.49. The van der Waals surface area contributed by atoms with Crippen LogP contribution in [0.15, 0.2) is 77.8 Å². The average Bonchev–Trinajstić information content (AvgIpc) is 2.86. The lowest BCUT2D eigenvalue weighted by molar-refractivity contribution is -0.141. The van der Waals surface area contributed by atoms with E-state index in [9.17, 15) is 19.8 Å². The van der Waals surface area contributed by atoms with Crippen LogP contribution >= 0.6 is 0 Å². The predicted octanol–water partition coefficient (Wildman–Crippen LogP) is 2.80. The lowest BCUT2D eigenvalue weighted by Gasteiger charge is -2.35. The van der Waals surface area contributed by atoms with E-state index < -0.39 is 18.0 Å². The summed E-state index contributed by atoms with van der Waals surface area (Å²) in [6, 6.07) is 19.3. The monoisotopic (exact) mass is 503 g/mol. The van der Waals surface area contributed by atoms with Crippen LogP contribution in [0.4, 0.5) is 0 Å². The standard InChI is InChI=1S/C28H33N5O4/c1-18(19-8-12-22(34)13-9-19)33(25(27(29)37)7-4-16-32-28(30)31)26(36)17-21-5-2-3-6-24(21)20-10-14-23(35)15-11-20/h2-3,5-6,8-15,18,25,34-35H,4,7,16-17H2,1H3,(H2,29,37)(H4,30,31,32)/t18-,25-/m1/s1. The summed E-state index contributed by atoms with van der Waals surface area (Å²) in [6.07, 6.45) is 0.749. The number of carbonyl (C=O) groups is 2. The molecule has 0 heterocycles. The smallest absolute Gasteiger partial charge is 0.240 e. The Morgan fingerprint density at radius 2 is 1.49 bits per heavy atom. The van der Waals surface area contributed by atoms with Gasteiger partial charge in [0.25, 0.3) is 0 Å². The molecule has 0 spiro atoms. The van der Waals surface area contributed by atoms with E-state index in [0.29, 0.717) is 13.0 Å². The minimum atomic E-state index is -0.897. The number of nitrogens with two attached hydrogens (primary N) is 3. The second kappa shape index (κ2) is 12.4. The molecule has 3 aromatic carbocycles. The zero-order chi connectivity index (χ0) is 26.9. The van der Waals surface area contributed by atoms with Crippen molar-refractivity contribution in [1.82, 2.24) is 4.90 Å². The lowest BCUT2D eigenvalue weighted by atomic mass is 9.95. The minimum Gasteiger partial charge on any atom is -0.508 e. The van der Waals surface area contributed by atoms with E-state index in [1.165, 1.54) is 17.0 Å². The van der Waals surface area contributed by atoms with Gasteiger partial charge in [-0.05, 0) is 66.3 Å². The zero-order valence-electron chi connectivity index (χ0n) is 20.7. The molecule has 8 N–H and O–H groups in total. The highest BCUT2D eigenvalue weighted by Crippen LogP contribution is 2.30. The molecule has 0 saturated carbocycles. The summed E-state index contributed by atoms with van der Waals surface area (Å²) in [6.45, 7) is 2.12. The van der Waals surface area contributed by atoms with Crippen molar-refractivity contribution in [1.29, 1.82) is 0 Å². The van der Waals surface area contributed by atoms with Gasteiger partial charge in [-0.3, -0.25) is 14.6 Å². The number of amides is 2. The molecule has 194 valence electrons. The molecule has 9 nitrogen and oxygen atoms in total. The van der Waals surface area contributed by atoms with Crippen LogP contribution in [0.2, 0.25) is 0 Å². The Bertz CT molecular complexity index is 1240. The van der Waals surface area contributed by atoms with Crippen LogP contribution in [0, 0.1) is 0 Å². The van der Waals surface area contributed by atoms with E-state index in [1.54, 1.807) is 36.4 Å². The van der Waals surface area contributed by atoms with Crippen LogP contribution in [0.1, 0.15) is 36.9 Å². The molecule has 2 atom stereocenters. The van der Waals surface area contributed by atoms with E-state index in [2.05, 4.69) is 4.99 Å². The Morgan fingerprint density at radius 1 is 0.892 bits per heavy atom. The first kappa shape index (κ1) is 27.1. The topological polar surface area (TPSA) is 168 Å². The van der Waals surface area contributed by atoms with Gasteiger partial charge in [-0.15, -0.1) is 0 Å². The molecule has 0 radical (unpaired) electrons. The Labute approximate surface area is 216 Å². The van der Waals surface area contributed by atoms with Crippen molar-refractivity contribution in [3.8, 4) is 22.6 Å². The van der Waals surface area contributed by atoms with Gasteiger partial charge in [-0.2, -0.15) is 0 Å². The maximum Gasteiger partial charge on any atom is 0.240 e. The normalized spacial score (nSPS) is 12.4. The molecule has 0 saturated heterocycles. The summed E-state index contributed by atoms with van der Waals surface area (Å²) in [5.41, 5.74) is 19.8. The summed E-state index contributed by atoms with van der Waals surface area (Å²) in [5, 5.41) is 19.4. The van der Waals surface area contributed by atoms with Gasteiger partial charge in [0.15, 0.2) is 5.96 Å². The van der Waals surface area contributed by atoms with Crippen molar-refractivity contribution in [3.05, 3.63) is 83.9 Å². The molecule has 0 aromatic heterocycles. The summed E-state index contributed by atoms with van der Waals surface area (Å²) in [5.74, 6) is -0.712. The van der Waals surface area contributed by atoms with E-state index in [1.807, 2.05) is 31.2 Å². The highest BCUT2D eigenvalue weighted by atomic mass is 16.3. The fourth-order valence-electron chi connectivity index (χ4n) is 4.34. The van der Waals surface area contributed by atoms with Crippen LogP contribution in [-0.2, 0) is 16.0 Å². The Morgan fingerprint density at radius 3 is 2.08 bits per heavy atom. The number of benzene rings is 3. The van der Waals surface area contributed by atoms with Crippen LogP contribution < -0.4 is 17.2 Å². The predicted molar refractivity (Wildman–Crippen MR) is 144 cm³/mol. The number of hydrogen-bond donors (Lipinski definition) is 5. The van der Waals surface area contributed by atoms with Gasteiger partial charge in [-0.1, -0.05) is 48.5 Å². The second-order valence-corrected chi connectivity index (χ2v) is 8.82. The maximum absolute atomic E-state index is 13.9. The number of nitrogens with zero attached hydrogens (tertiary/aromatic N) is 2. The molecule has 0 aliphatic heterocycles. The van der Waals surface area contributed by atoms with Crippen molar-refractivity contribution in [2.24, 2.45) is 22.2 Å². The molecule has 0 unspecified atom stereocenters. The fourth-order valence-corrected chi connectivity index (χ4v) is 4.34. The SMILES string of the molecule is C[C@H](c1ccc(O)cc1)N(C(=O)Cc1ccccc1-c1ccc(O)cc1)[C@H](CCCN=C(N)N)C(N)=O. The molecule has 0 aliphatic rings. The Hall–Kier alpha value is -4.53. The Balaban J connectivity index is 1.96. The molecule has 3 rings (SSSR count).